The third-order valence-electron chi connectivity index (χ3n) is 5.14. The van der Waals surface area contributed by atoms with Gasteiger partial charge in [-0.25, -0.2) is 10.2 Å². The third kappa shape index (κ3) is 8.02. The fourth-order valence-corrected chi connectivity index (χ4v) is 5.93. The van der Waals surface area contributed by atoms with E-state index in [2.05, 4.69) is 66.3 Å². The maximum Gasteiger partial charge on any atom is 0.338 e. The van der Waals surface area contributed by atoms with Crippen LogP contribution in [0.5, 0.6) is 11.5 Å². The zero-order valence-corrected chi connectivity index (χ0v) is 26.4. The van der Waals surface area contributed by atoms with Crippen LogP contribution in [0.2, 0.25) is 0 Å². The lowest BCUT2D eigenvalue weighted by Crippen LogP contribution is -2.45. The first-order valence-corrected chi connectivity index (χ1v) is 14.3. The van der Waals surface area contributed by atoms with Crippen molar-refractivity contribution < 1.29 is 23.8 Å². The Balaban J connectivity index is 1.73. The number of hydrazone groups is 1. The standard InChI is InChI=1S/C26H28I2N4O5S/c1-5-35-25(34)22-15(4)30-26(38)31-23(22)18-8-6-7-9-20(18)36-13-21(33)32-29-12-16-10-17(27)11-19(28)24(16)37-14(2)3/h6-12,14,23H,5,13H2,1-4H3,(H,32,33)(H2,30,31,38)/t23-/m1/s1. The Kier molecular flexibility index (Phi) is 11.1. The Morgan fingerprint density at radius 1 is 1.24 bits per heavy atom. The lowest BCUT2D eigenvalue weighted by Gasteiger charge is -2.30. The second-order valence-electron chi connectivity index (χ2n) is 8.38. The molecule has 0 aliphatic carbocycles. The molecule has 38 heavy (non-hydrogen) atoms. The largest absolute Gasteiger partial charge is 0.489 e. The molecule has 2 aromatic rings. The molecule has 3 N–H and O–H groups in total. The van der Waals surface area contributed by atoms with Gasteiger partial charge in [0.1, 0.15) is 11.5 Å². The number of allylic oxidation sites excluding steroid dienone is 1. The smallest absolute Gasteiger partial charge is 0.338 e. The predicted molar refractivity (Wildman–Crippen MR) is 166 cm³/mol. The van der Waals surface area contributed by atoms with Gasteiger partial charge in [0.25, 0.3) is 5.91 Å². The maximum absolute atomic E-state index is 12.7. The number of nitrogens with one attached hydrogen (secondary N) is 3. The van der Waals surface area contributed by atoms with Gasteiger partial charge in [-0.15, -0.1) is 0 Å². The van der Waals surface area contributed by atoms with Crippen LogP contribution in [0.3, 0.4) is 0 Å². The molecule has 0 fully saturated rings. The van der Waals surface area contributed by atoms with E-state index in [9.17, 15) is 9.59 Å². The Bertz CT molecular complexity index is 1280. The predicted octanol–water partition coefficient (Wildman–Crippen LogP) is 4.57. The van der Waals surface area contributed by atoms with Crippen molar-refractivity contribution in [3.63, 3.8) is 0 Å². The van der Waals surface area contributed by atoms with E-state index in [1.165, 1.54) is 0 Å². The lowest BCUT2D eigenvalue weighted by molar-refractivity contribution is -0.139. The van der Waals surface area contributed by atoms with Gasteiger partial charge in [-0.3, -0.25) is 4.79 Å². The second-order valence-corrected chi connectivity index (χ2v) is 11.2. The number of halogens is 2. The number of rotatable bonds is 10. The summed E-state index contributed by atoms with van der Waals surface area (Å²) in [5, 5.41) is 10.5. The van der Waals surface area contributed by atoms with Gasteiger partial charge in [0.15, 0.2) is 11.7 Å². The molecule has 0 saturated heterocycles. The van der Waals surface area contributed by atoms with Gasteiger partial charge in [-0.2, -0.15) is 5.10 Å². The molecule has 2 aromatic carbocycles. The second kappa shape index (κ2) is 14.1. The van der Waals surface area contributed by atoms with Gasteiger partial charge in [-0.05, 0) is 103 Å². The molecular formula is C26H28I2N4O5S. The van der Waals surface area contributed by atoms with Crippen molar-refractivity contribution in [3.8, 4) is 11.5 Å². The number of carbonyl (C=O) groups excluding carboxylic acids is 2. The van der Waals surface area contributed by atoms with E-state index in [1.807, 2.05) is 32.0 Å². The van der Waals surface area contributed by atoms with Crippen LogP contribution in [-0.2, 0) is 14.3 Å². The minimum atomic E-state index is -0.609. The number of ether oxygens (including phenoxy) is 3. The molecule has 202 valence electrons. The molecule has 0 saturated carbocycles. The van der Waals surface area contributed by atoms with Crippen molar-refractivity contribution in [1.29, 1.82) is 0 Å². The van der Waals surface area contributed by atoms with Gasteiger partial charge < -0.3 is 24.8 Å². The van der Waals surface area contributed by atoms with E-state index < -0.39 is 17.9 Å². The summed E-state index contributed by atoms with van der Waals surface area (Å²) in [4.78, 5) is 25.2. The van der Waals surface area contributed by atoms with Gasteiger partial charge in [0, 0.05) is 20.4 Å². The molecule has 1 aliphatic heterocycles. The fourth-order valence-electron chi connectivity index (χ4n) is 3.64. The van der Waals surface area contributed by atoms with Crippen molar-refractivity contribution in [2.75, 3.05) is 13.2 Å². The molecule has 1 heterocycles. The highest BCUT2D eigenvalue weighted by molar-refractivity contribution is 14.1. The highest BCUT2D eigenvalue weighted by Gasteiger charge is 2.32. The summed E-state index contributed by atoms with van der Waals surface area (Å²) in [6, 6.07) is 10.4. The van der Waals surface area contributed by atoms with Crippen LogP contribution in [0.15, 0.2) is 52.8 Å². The molecule has 1 amide bonds. The number of hydrogen-bond acceptors (Lipinski definition) is 7. The fraction of sp³-hybridized carbons (Fsp3) is 0.308. The van der Waals surface area contributed by atoms with Crippen LogP contribution >= 0.6 is 57.4 Å². The molecule has 1 aliphatic rings. The molecule has 9 nitrogen and oxygen atoms in total. The third-order valence-corrected chi connectivity index (χ3v) is 6.78. The van der Waals surface area contributed by atoms with Crippen LogP contribution in [0.4, 0.5) is 0 Å². The summed E-state index contributed by atoms with van der Waals surface area (Å²) in [7, 11) is 0. The number of nitrogens with zero attached hydrogens (tertiary/aromatic N) is 1. The van der Waals surface area contributed by atoms with E-state index >= 15 is 0 Å². The Morgan fingerprint density at radius 2 is 1.97 bits per heavy atom. The normalized spacial score (nSPS) is 15.2. The average Bonchev–Trinajstić information content (AvgIpc) is 2.84. The number of hydrogen-bond donors (Lipinski definition) is 3. The molecule has 0 aromatic heterocycles. The molecule has 0 bridgehead atoms. The number of thiocarbonyl (C=S) groups is 1. The molecule has 0 radical (unpaired) electrons. The van der Waals surface area contributed by atoms with Gasteiger partial charge >= 0.3 is 5.97 Å². The van der Waals surface area contributed by atoms with Crippen LogP contribution < -0.4 is 25.5 Å². The summed E-state index contributed by atoms with van der Waals surface area (Å²) < 4.78 is 19.0. The number of amides is 1. The zero-order chi connectivity index (χ0) is 27.8. The minimum Gasteiger partial charge on any atom is -0.489 e. The summed E-state index contributed by atoms with van der Waals surface area (Å²) >= 11 is 9.75. The lowest BCUT2D eigenvalue weighted by atomic mass is 9.95. The van der Waals surface area contributed by atoms with E-state index in [4.69, 9.17) is 26.4 Å². The molecule has 12 heteroatoms. The van der Waals surface area contributed by atoms with Crippen molar-refractivity contribution in [3.05, 3.63) is 65.9 Å². The Hall–Kier alpha value is -2.46. The number of esters is 1. The molecule has 0 unspecified atom stereocenters. The van der Waals surface area contributed by atoms with E-state index in [-0.39, 0.29) is 19.3 Å². The SMILES string of the molecule is CCOC(=O)C1=C(C)NC(=S)N[C@@H]1c1ccccc1OCC(=O)NN=Cc1cc(I)cc(I)c1OC(C)C. The number of para-hydroxylation sites is 1. The zero-order valence-electron chi connectivity index (χ0n) is 21.3. The summed E-state index contributed by atoms with van der Waals surface area (Å²) in [5.74, 6) is 0.208. The monoisotopic (exact) mass is 762 g/mol. The number of benzene rings is 2. The van der Waals surface area contributed by atoms with Crippen molar-refractivity contribution in [2.45, 2.75) is 39.8 Å². The van der Waals surface area contributed by atoms with Crippen LogP contribution in [0.25, 0.3) is 0 Å². The van der Waals surface area contributed by atoms with E-state index in [1.54, 1.807) is 38.3 Å². The van der Waals surface area contributed by atoms with Crippen LogP contribution in [-0.4, -0.2) is 42.5 Å². The van der Waals surface area contributed by atoms with Crippen molar-refractivity contribution in [1.82, 2.24) is 16.1 Å². The van der Waals surface area contributed by atoms with E-state index in [0.717, 1.165) is 12.7 Å². The van der Waals surface area contributed by atoms with Gasteiger partial charge in [0.2, 0.25) is 0 Å². The molecular weight excluding hydrogens is 734 g/mol. The molecule has 1 atom stereocenters. The first-order valence-electron chi connectivity index (χ1n) is 11.7. The highest BCUT2D eigenvalue weighted by atomic mass is 127. The maximum atomic E-state index is 12.7. The minimum absolute atomic E-state index is 0.00874. The first kappa shape index (κ1) is 30.1. The van der Waals surface area contributed by atoms with Crippen molar-refractivity contribution in [2.24, 2.45) is 5.10 Å². The molecule has 3 rings (SSSR count). The van der Waals surface area contributed by atoms with Gasteiger partial charge in [-0.1, -0.05) is 18.2 Å². The first-order chi connectivity index (χ1) is 18.1. The molecule has 0 spiro atoms. The van der Waals surface area contributed by atoms with Crippen LogP contribution in [0.1, 0.15) is 44.9 Å². The quantitative estimate of drug-likeness (QED) is 0.106. The van der Waals surface area contributed by atoms with Gasteiger partial charge in [0.05, 0.1) is 34.1 Å². The summed E-state index contributed by atoms with van der Waals surface area (Å²) in [5.41, 5.74) is 4.86. The number of carbonyl (C=O) groups is 2. The topological polar surface area (TPSA) is 110 Å². The Morgan fingerprint density at radius 3 is 2.68 bits per heavy atom. The highest BCUT2D eigenvalue weighted by Crippen LogP contribution is 2.33. The summed E-state index contributed by atoms with van der Waals surface area (Å²) in [6.07, 6.45) is 1.54. The Labute approximate surface area is 254 Å². The van der Waals surface area contributed by atoms with Crippen molar-refractivity contribution >= 4 is 80.6 Å². The van der Waals surface area contributed by atoms with E-state index in [0.29, 0.717) is 33.4 Å². The summed E-state index contributed by atoms with van der Waals surface area (Å²) in [6.45, 7) is 7.34. The van der Waals surface area contributed by atoms with Crippen LogP contribution in [0, 0.1) is 7.14 Å². The average molecular weight is 762 g/mol.